The lowest BCUT2D eigenvalue weighted by Crippen LogP contribution is -2.34. The molecule has 158 valence electrons. The number of rotatable bonds is 7. The molecule has 0 saturated heterocycles. The van der Waals surface area contributed by atoms with Crippen LogP contribution in [0.4, 0.5) is 0 Å². The van der Waals surface area contributed by atoms with E-state index < -0.39 is 0 Å². The van der Waals surface area contributed by atoms with Crippen LogP contribution in [0.2, 0.25) is 0 Å². The lowest BCUT2D eigenvalue weighted by atomic mass is 10.1. The number of nitrogens with one attached hydrogen (secondary N) is 1. The number of carbonyl (C=O) groups excluding carboxylic acids is 1. The van der Waals surface area contributed by atoms with Crippen LogP contribution in [-0.2, 0) is 24.3 Å². The number of aryl methyl sites for hydroxylation is 2. The zero-order chi connectivity index (χ0) is 21.8. The van der Waals surface area contributed by atoms with Gasteiger partial charge in [0.05, 0.1) is 11.6 Å². The molecule has 1 amide bonds. The first kappa shape index (κ1) is 20.6. The molecule has 31 heavy (non-hydrogen) atoms. The molecular formula is C25H26N4O2. The summed E-state index contributed by atoms with van der Waals surface area (Å²) in [5, 5.41) is 8.60. The predicted molar refractivity (Wildman–Crippen MR) is 122 cm³/mol. The molecule has 0 bridgehead atoms. The highest BCUT2D eigenvalue weighted by molar-refractivity contribution is 5.87. The summed E-state index contributed by atoms with van der Waals surface area (Å²) < 4.78 is 3.38. The van der Waals surface area contributed by atoms with E-state index in [-0.39, 0.29) is 18.0 Å². The Morgan fingerprint density at radius 1 is 0.935 bits per heavy atom. The highest BCUT2D eigenvalue weighted by atomic mass is 16.2. The number of fused-ring (bicyclic) bond motifs is 1. The van der Waals surface area contributed by atoms with Crippen LogP contribution in [0.15, 0.2) is 71.7 Å². The Labute approximate surface area is 181 Å². The molecule has 0 fully saturated rings. The van der Waals surface area contributed by atoms with E-state index in [1.54, 1.807) is 6.20 Å². The number of nitrogens with zero attached hydrogens (tertiary/aromatic N) is 3. The largest absolute Gasteiger partial charge is 0.354 e. The lowest BCUT2D eigenvalue weighted by Gasteiger charge is -2.09. The van der Waals surface area contributed by atoms with Crippen LogP contribution in [0, 0.1) is 13.8 Å². The zero-order valence-corrected chi connectivity index (χ0v) is 17.8. The van der Waals surface area contributed by atoms with Gasteiger partial charge in [0.25, 0.3) is 5.56 Å². The molecular weight excluding hydrogens is 388 g/mol. The molecule has 0 radical (unpaired) electrons. The van der Waals surface area contributed by atoms with Crippen LogP contribution in [0.1, 0.15) is 22.5 Å². The highest BCUT2D eigenvalue weighted by Crippen LogP contribution is 2.23. The van der Waals surface area contributed by atoms with Crippen LogP contribution in [-0.4, -0.2) is 26.8 Å². The van der Waals surface area contributed by atoms with E-state index in [1.165, 1.54) is 10.2 Å². The van der Waals surface area contributed by atoms with Gasteiger partial charge < -0.3 is 9.88 Å². The van der Waals surface area contributed by atoms with Gasteiger partial charge in [-0.1, -0.05) is 60.7 Å². The molecule has 0 spiro atoms. The maximum absolute atomic E-state index is 13.1. The molecule has 0 aliphatic carbocycles. The zero-order valence-electron chi connectivity index (χ0n) is 17.8. The molecule has 4 rings (SSSR count). The van der Waals surface area contributed by atoms with Crippen LogP contribution in [0.25, 0.3) is 10.8 Å². The van der Waals surface area contributed by atoms with Crippen molar-refractivity contribution in [3.8, 4) is 0 Å². The summed E-state index contributed by atoms with van der Waals surface area (Å²) in [5.74, 6) is -0.219. The Morgan fingerprint density at radius 2 is 1.58 bits per heavy atom. The fourth-order valence-electron chi connectivity index (χ4n) is 3.94. The van der Waals surface area contributed by atoms with Crippen molar-refractivity contribution in [2.75, 3.05) is 6.54 Å². The number of hydrogen-bond donors (Lipinski definition) is 1. The Kier molecular flexibility index (Phi) is 5.98. The number of amides is 1. The molecule has 2 aromatic carbocycles. The summed E-state index contributed by atoms with van der Waals surface area (Å²) in [7, 11) is 0. The first-order valence-corrected chi connectivity index (χ1v) is 10.4. The van der Waals surface area contributed by atoms with Crippen LogP contribution < -0.4 is 10.9 Å². The molecule has 0 aliphatic rings. The third-order valence-corrected chi connectivity index (χ3v) is 5.66. The number of benzene rings is 2. The van der Waals surface area contributed by atoms with Crippen molar-refractivity contribution in [3.05, 3.63) is 99.7 Å². The molecule has 2 aromatic heterocycles. The second kappa shape index (κ2) is 9.00. The van der Waals surface area contributed by atoms with E-state index in [9.17, 15) is 9.59 Å². The van der Waals surface area contributed by atoms with E-state index in [4.69, 9.17) is 0 Å². The van der Waals surface area contributed by atoms with Gasteiger partial charge in [0, 0.05) is 29.9 Å². The van der Waals surface area contributed by atoms with Gasteiger partial charge in [-0.3, -0.25) is 9.59 Å². The van der Waals surface area contributed by atoms with Crippen LogP contribution in [0.5, 0.6) is 0 Å². The first-order chi connectivity index (χ1) is 15.0. The molecule has 6 nitrogen and oxygen atoms in total. The highest BCUT2D eigenvalue weighted by Gasteiger charge is 2.17. The van der Waals surface area contributed by atoms with Crippen molar-refractivity contribution in [3.63, 3.8) is 0 Å². The topological polar surface area (TPSA) is 68.9 Å². The minimum Gasteiger partial charge on any atom is -0.354 e. The molecule has 2 heterocycles. The van der Waals surface area contributed by atoms with Gasteiger partial charge in [-0.2, -0.15) is 5.10 Å². The van der Waals surface area contributed by atoms with E-state index in [2.05, 4.69) is 27.1 Å². The molecule has 0 saturated carbocycles. The van der Waals surface area contributed by atoms with E-state index in [1.807, 2.05) is 62.4 Å². The van der Waals surface area contributed by atoms with E-state index in [0.29, 0.717) is 18.5 Å². The predicted octanol–water partition coefficient (Wildman–Crippen LogP) is 3.22. The van der Waals surface area contributed by atoms with Crippen molar-refractivity contribution < 1.29 is 4.79 Å². The Morgan fingerprint density at radius 3 is 2.26 bits per heavy atom. The third kappa shape index (κ3) is 4.43. The van der Waals surface area contributed by atoms with Crippen molar-refractivity contribution in [1.29, 1.82) is 0 Å². The number of hydrogen-bond acceptors (Lipinski definition) is 3. The Hall–Kier alpha value is -3.67. The summed E-state index contributed by atoms with van der Waals surface area (Å²) in [6.45, 7) is 5.06. The average Bonchev–Trinajstić information content (AvgIpc) is 3.02. The maximum Gasteiger partial charge on any atom is 0.276 e. The molecule has 0 unspecified atom stereocenters. The average molecular weight is 415 g/mol. The van der Waals surface area contributed by atoms with Gasteiger partial charge in [-0.05, 0) is 31.4 Å². The van der Waals surface area contributed by atoms with E-state index in [0.717, 1.165) is 28.8 Å². The smallest absolute Gasteiger partial charge is 0.276 e. The van der Waals surface area contributed by atoms with Crippen LogP contribution >= 0.6 is 0 Å². The molecule has 6 heteroatoms. The van der Waals surface area contributed by atoms with Crippen molar-refractivity contribution >= 4 is 16.7 Å². The van der Waals surface area contributed by atoms with Gasteiger partial charge in [0.15, 0.2) is 0 Å². The lowest BCUT2D eigenvalue weighted by molar-refractivity contribution is -0.121. The van der Waals surface area contributed by atoms with Crippen molar-refractivity contribution in [1.82, 2.24) is 19.7 Å². The molecule has 0 atom stereocenters. The minimum atomic E-state index is -0.233. The van der Waals surface area contributed by atoms with Gasteiger partial charge in [-0.15, -0.1) is 0 Å². The second-order valence-corrected chi connectivity index (χ2v) is 7.72. The van der Waals surface area contributed by atoms with Crippen LogP contribution in [0.3, 0.4) is 0 Å². The number of carbonyl (C=O) groups is 1. The minimum absolute atomic E-state index is 0.0914. The number of aromatic nitrogens is 3. The summed E-state index contributed by atoms with van der Waals surface area (Å²) in [6, 6.07) is 20.1. The van der Waals surface area contributed by atoms with E-state index >= 15 is 0 Å². The normalized spacial score (nSPS) is 11.0. The van der Waals surface area contributed by atoms with Gasteiger partial charge in [0.1, 0.15) is 6.54 Å². The SMILES string of the molecule is Cc1c2cnn(CC(=O)NCCc3ccccc3)c(=O)c2c(C)n1Cc1ccccc1. The summed E-state index contributed by atoms with van der Waals surface area (Å²) >= 11 is 0. The summed E-state index contributed by atoms with van der Waals surface area (Å²) in [4.78, 5) is 25.5. The first-order valence-electron chi connectivity index (χ1n) is 10.4. The fraction of sp³-hybridized carbons (Fsp3) is 0.240. The Bertz CT molecular complexity index is 1260. The quantitative estimate of drug-likeness (QED) is 0.505. The van der Waals surface area contributed by atoms with Crippen molar-refractivity contribution in [2.24, 2.45) is 0 Å². The van der Waals surface area contributed by atoms with Gasteiger partial charge >= 0.3 is 0 Å². The summed E-state index contributed by atoms with van der Waals surface area (Å²) in [5.41, 5.74) is 3.98. The molecule has 1 N–H and O–H groups in total. The third-order valence-electron chi connectivity index (χ3n) is 5.66. The fourth-order valence-corrected chi connectivity index (χ4v) is 3.94. The molecule has 4 aromatic rings. The Balaban J connectivity index is 1.51. The van der Waals surface area contributed by atoms with Gasteiger partial charge in [0.2, 0.25) is 5.91 Å². The maximum atomic E-state index is 13.1. The second-order valence-electron chi connectivity index (χ2n) is 7.72. The summed E-state index contributed by atoms with van der Waals surface area (Å²) in [6.07, 6.45) is 2.44. The van der Waals surface area contributed by atoms with Gasteiger partial charge in [-0.25, -0.2) is 4.68 Å². The van der Waals surface area contributed by atoms with Crippen molar-refractivity contribution in [2.45, 2.75) is 33.4 Å². The standard InChI is InChI=1S/C25H26N4O2/c1-18-22-15-27-29(17-23(30)26-14-13-20-9-5-3-6-10-20)25(31)24(22)19(2)28(18)16-21-11-7-4-8-12-21/h3-12,15H,13-14,16-17H2,1-2H3,(H,26,30). The monoisotopic (exact) mass is 414 g/mol. The molecule has 0 aliphatic heterocycles.